The molecule has 228 valence electrons. The quantitative estimate of drug-likeness (QED) is 0.323. The van der Waals surface area contributed by atoms with E-state index in [-0.39, 0.29) is 16.8 Å². The van der Waals surface area contributed by atoms with Crippen molar-refractivity contribution in [3.8, 4) is 17.3 Å². The maximum Gasteiger partial charge on any atom is 0.259 e. The molecule has 15 heteroatoms. The van der Waals surface area contributed by atoms with Crippen molar-refractivity contribution in [3.63, 3.8) is 0 Å². The Morgan fingerprint density at radius 2 is 1.93 bits per heavy atom. The van der Waals surface area contributed by atoms with Crippen LogP contribution in [0, 0.1) is 28.8 Å². The number of nitrogens with zero attached hydrogens (tertiary/aromatic N) is 5. The predicted molar refractivity (Wildman–Crippen MR) is 147 cm³/mol. The van der Waals surface area contributed by atoms with Crippen LogP contribution in [0.5, 0.6) is 0 Å². The summed E-state index contributed by atoms with van der Waals surface area (Å²) < 4.78 is 54.5. The number of benzene rings is 2. The Bertz CT molecular complexity index is 1530. The number of nitriles is 1. The Labute approximate surface area is 252 Å². The molecule has 11 nitrogen and oxygen atoms in total. The first-order valence-corrected chi connectivity index (χ1v) is 14.1. The van der Waals surface area contributed by atoms with Gasteiger partial charge >= 0.3 is 0 Å². The summed E-state index contributed by atoms with van der Waals surface area (Å²) in [5, 5.41) is 49.5. The van der Waals surface area contributed by atoms with Gasteiger partial charge in [0.2, 0.25) is 0 Å². The van der Waals surface area contributed by atoms with E-state index >= 15 is 0 Å². The van der Waals surface area contributed by atoms with Crippen LogP contribution in [-0.2, 0) is 14.3 Å². The third-order valence-corrected chi connectivity index (χ3v) is 8.24. The Morgan fingerprint density at radius 1 is 1.21 bits per heavy atom. The van der Waals surface area contributed by atoms with Gasteiger partial charge in [-0.25, -0.2) is 17.9 Å². The number of methoxy groups -OCH3 is 1. The fraction of sp³-hybridized carbons (Fsp3) is 0.429. The SMILES string of the molecule is COC1C(C(=O)N(c2cc(Br)cc(C#N)c2)[C@H]2CCC[C@@H]2O)OC(CO)C(O)C1n1cc(-c2cc(F)c(F)c(F)c2)nn1. The van der Waals surface area contributed by atoms with Gasteiger partial charge in [0.25, 0.3) is 5.91 Å². The molecule has 5 rings (SSSR count). The summed E-state index contributed by atoms with van der Waals surface area (Å²) in [5.74, 6) is -5.18. The summed E-state index contributed by atoms with van der Waals surface area (Å²) in [6, 6.07) is 6.33. The molecular formula is C28H27BrF3N5O6. The van der Waals surface area contributed by atoms with Gasteiger partial charge in [0, 0.05) is 22.8 Å². The molecule has 1 aromatic heterocycles. The van der Waals surface area contributed by atoms with E-state index in [2.05, 4.69) is 26.2 Å². The number of hydrogen-bond acceptors (Lipinski definition) is 9. The second kappa shape index (κ2) is 12.7. The van der Waals surface area contributed by atoms with Crippen molar-refractivity contribution < 1.29 is 42.8 Å². The minimum absolute atomic E-state index is 0.0661. The van der Waals surface area contributed by atoms with Crippen molar-refractivity contribution in [1.82, 2.24) is 15.0 Å². The molecule has 1 aliphatic heterocycles. The molecule has 3 aromatic rings. The average molecular weight is 666 g/mol. The topological polar surface area (TPSA) is 154 Å². The number of carbonyl (C=O) groups is 1. The molecule has 2 aromatic carbocycles. The van der Waals surface area contributed by atoms with E-state index in [9.17, 15) is 38.5 Å². The van der Waals surface area contributed by atoms with E-state index in [4.69, 9.17) is 9.47 Å². The number of hydrogen-bond donors (Lipinski definition) is 3. The lowest BCUT2D eigenvalue weighted by Gasteiger charge is -2.45. The highest BCUT2D eigenvalue weighted by molar-refractivity contribution is 9.10. The number of aliphatic hydroxyl groups excluding tert-OH is 3. The van der Waals surface area contributed by atoms with Gasteiger partial charge in [0.05, 0.1) is 36.6 Å². The van der Waals surface area contributed by atoms with Crippen LogP contribution in [-0.4, -0.2) is 86.5 Å². The van der Waals surface area contributed by atoms with Gasteiger partial charge in [0.15, 0.2) is 23.6 Å². The van der Waals surface area contributed by atoms with E-state index in [0.29, 0.717) is 29.4 Å². The Hall–Kier alpha value is -3.39. The molecule has 0 spiro atoms. The second-order valence-electron chi connectivity index (χ2n) is 10.4. The van der Waals surface area contributed by atoms with Crippen molar-refractivity contribution in [2.24, 2.45) is 0 Å². The highest BCUT2D eigenvalue weighted by atomic mass is 79.9. The van der Waals surface area contributed by atoms with E-state index in [0.717, 1.165) is 16.8 Å². The summed E-state index contributed by atoms with van der Waals surface area (Å²) >= 11 is 3.36. The highest BCUT2D eigenvalue weighted by Gasteiger charge is 2.52. The van der Waals surface area contributed by atoms with E-state index in [1.54, 1.807) is 12.1 Å². The van der Waals surface area contributed by atoms with Crippen LogP contribution >= 0.6 is 15.9 Å². The van der Waals surface area contributed by atoms with Crippen LogP contribution in [0.25, 0.3) is 11.3 Å². The molecular weight excluding hydrogens is 639 g/mol. The number of halogens is 4. The van der Waals surface area contributed by atoms with Gasteiger partial charge in [0.1, 0.15) is 30.0 Å². The van der Waals surface area contributed by atoms with Gasteiger partial charge in [-0.3, -0.25) is 4.79 Å². The lowest BCUT2D eigenvalue weighted by molar-refractivity contribution is -0.211. The highest BCUT2D eigenvalue weighted by Crippen LogP contribution is 2.37. The number of carbonyl (C=O) groups excluding carboxylic acids is 1. The molecule has 2 heterocycles. The van der Waals surface area contributed by atoms with E-state index in [1.165, 1.54) is 24.3 Å². The monoisotopic (exact) mass is 665 g/mol. The first-order chi connectivity index (χ1) is 20.6. The smallest absolute Gasteiger partial charge is 0.259 e. The first kappa shape index (κ1) is 31.0. The zero-order valence-electron chi connectivity index (χ0n) is 22.6. The minimum atomic E-state index is -1.65. The van der Waals surface area contributed by atoms with Gasteiger partial charge in [-0.15, -0.1) is 5.10 Å². The molecule has 1 amide bonds. The molecule has 3 N–H and O–H groups in total. The lowest BCUT2D eigenvalue weighted by Crippen LogP contribution is -2.62. The number of aliphatic hydroxyl groups is 3. The number of aromatic nitrogens is 3. The minimum Gasteiger partial charge on any atom is -0.394 e. The molecule has 1 aliphatic carbocycles. The molecule has 0 radical (unpaired) electrons. The van der Waals surface area contributed by atoms with Crippen molar-refractivity contribution in [2.75, 3.05) is 18.6 Å². The number of anilines is 1. The lowest BCUT2D eigenvalue weighted by atomic mass is 9.91. The zero-order chi connectivity index (χ0) is 31.0. The normalized spacial score (nSPS) is 27.2. The van der Waals surface area contributed by atoms with E-state index < -0.39 is 72.6 Å². The maximum atomic E-state index is 14.4. The maximum absolute atomic E-state index is 14.4. The fourth-order valence-electron chi connectivity index (χ4n) is 5.74. The number of rotatable bonds is 7. The summed E-state index contributed by atoms with van der Waals surface area (Å²) in [7, 11) is 1.28. The predicted octanol–water partition coefficient (Wildman–Crippen LogP) is 2.62. The molecule has 1 saturated heterocycles. The van der Waals surface area contributed by atoms with Gasteiger partial charge < -0.3 is 29.7 Å². The summed E-state index contributed by atoms with van der Waals surface area (Å²) in [5.41, 5.74) is 0.373. The average Bonchev–Trinajstić information content (AvgIpc) is 3.64. The molecule has 1 saturated carbocycles. The number of ether oxygens (including phenoxy) is 2. The van der Waals surface area contributed by atoms with Crippen LogP contribution in [0.2, 0.25) is 0 Å². The van der Waals surface area contributed by atoms with E-state index in [1.807, 2.05) is 6.07 Å². The van der Waals surface area contributed by atoms with Crippen LogP contribution < -0.4 is 4.90 Å². The largest absolute Gasteiger partial charge is 0.394 e. The Kier molecular flexibility index (Phi) is 9.16. The first-order valence-electron chi connectivity index (χ1n) is 13.3. The number of amides is 1. The third-order valence-electron chi connectivity index (χ3n) is 7.78. The van der Waals surface area contributed by atoms with Gasteiger partial charge in [-0.2, -0.15) is 5.26 Å². The third kappa shape index (κ3) is 5.91. The van der Waals surface area contributed by atoms with Gasteiger partial charge in [-0.05, 0) is 49.6 Å². The Morgan fingerprint density at radius 3 is 2.53 bits per heavy atom. The molecule has 7 atom stereocenters. The standard InChI is InChI=1S/C28H27BrF3N5O6/c1-42-26-24(36-11-19(34-35-36)14-7-17(30)23(32)18(31)8-14)25(40)22(12-38)43-27(26)28(41)37(20-3-2-4-21(20)39)16-6-13(10-33)5-15(29)9-16/h5-9,11,20-22,24-27,38-40H,2-4,12H2,1H3/t20-,21-,22?,24?,25?,26?,27?/m0/s1. The van der Waals surface area contributed by atoms with Crippen LogP contribution in [0.3, 0.4) is 0 Å². The van der Waals surface area contributed by atoms with Gasteiger partial charge in [-0.1, -0.05) is 21.1 Å². The summed E-state index contributed by atoms with van der Waals surface area (Å²) in [6.45, 7) is -0.699. The summed E-state index contributed by atoms with van der Waals surface area (Å²) in [4.78, 5) is 15.7. The van der Waals surface area contributed by atoms with Crippen molar-refractivity contribution in [3.05, 3.63) is 64.0 Å². The zero-order valence-corrected chi connectivity index (χ0v) is 24.2. The molecule has 5 unspecified atom stereocenters. The molecule has 43 heavy (non-hydrogen) atoms. The molecule has 2 fully saturated rings. The van der Waals surface area contributed by atoms with Crippen LogP contribution in [0.4, 0.5) is 18.9 Å². The van der Waals surface area contributed by atoms with Crippen molar-refractivity contribution >= 4 is 27.5 Å². The van der Waals surface area contributed by atoms with Crippen LogP contribution in [0.15, 0.2) is 41.0 Å². The Balaban J connectivity index is 1.55. The second-order valence-corrected chi connectivity index (χ2v) is 11.3. The van der Waals surface area contributed by atoms with Crippen LogP contribution in [0.1, 0.15) is 30.9 Å². The van der Waals surface area contributed by atoms with Crippen molar-refractivity contribution in [2.45, 2.75) is 61.9 Å². The molecule has 2 aliphatic rings. The molecule has 0 bridgehead atoms. The van der Waals surface area contributed by atoms with Crippen molar-refractivity contribution in [1.29, 1.82) is 5.26 Å². The fourth-order valence-corrected chi connectivity index (χ4v) is 6.22. The summed E-state index contributed by atoms with van der Waals surface area (Å²) in [6.07, 6.45) is -3.59.